The minimum absolute atomic E-state index is 0.148. The molecule has 3 aliphatic carbocycles. The van der Waals surface area contributed by atoms with Crippen LogP contribution in [0.15, 0.2) is 41.8 Å². The molecule has 2 N–H and O–H groups in total. The summed E-state index contributed by atoms with van der Waals surface area (Å²) in [5.41, 5.74) is 0.890. The second-order valence-electron chi connectivity index (χ2n) is 14.7. The van der Waals surface area contributed by atoms with Crippen LogP contribution in [0.4, 0.5) is 0 Å². The van der Waals surface area contributed by atoms with Crippen LogP contribution in [0, 0.1) is 17.8 Å². The number of carbonyl (C=O) groups excluding carboxylic acids is 3. The predicted molar refractivity (Wildman–Crippen MR) is 194 cm³/mol. The predicted octanol–water partition coefficient (Wildman–Crippen LogP) is 4.95. The second kappa shape index (κ2) is 13.8. The zero-order chi connectivity index (χ0) is 36.1. The van der Waals surface area contributed by atoms with E-state index in [0.29, 0.717) is 48.5 Å². The number of nitrogens with zero attached hydrogens (tertiary/aromatic N) is 3. The van der Waals surface area contributed by atoms with Crippen molar-refractivity contribution in [3.05, 3.63) is 47.5 Å². The number of pyridine rings is 1. The van der Waals surface area contributed by atoms with Crippen LogP contribution in [0.5, 0.6) is 11.5 Å². The zero-order valence-electron chi connectivity index (χ0n) is 29.4. The quantitative estimate of drug-likeness (QED) is 0.306. The van der Waals surface area contributed by atoms with Gasteiger partial charge in [0.25, 0.3) is 5.91 Å². The van der Waals surface area contributed by atoms with E-state index < -0.39 is 50.6 Å². The third-order valence-electron chi connectivity index (χ3n) is 10.6. The molecule has 12 nitrogen and oxygen atoms in total. The fourth-order valence-corrected chi connectivity index (χ4v) is 9.55. The first-order valence-corrected chi connectivity index (χ1v) is 20.2. The molecule has 3 amide bonds. The van der Waals surface area contributed by atoms with Gasteiger partial charge in [-0.3, -0.25) is 19.1 Å². The molecule has 14 heteroatoms. The number of nitrogens with one attached hydrogen (secondary N) is 2. The summed E-state index contributed by atoms with van der Waals surface area (Å²) < 4.78 is 40.0. The number of ether oxygens (including phenoxy) is 2. The van der Waals surface area contributed by atoms with Crippen molar-refractivity contribution >= 4 is 50.0 Å². The van der Waals surface area contributed by atoms with Gasteiger partial charge in [0.1, 0.15) is 33.8 Å². The van der Waals surface area contributed by atoms with Gasteiger partial charge in [0.2, 0.25) is 21.8 Å². The van der Waals surface area contributed by atoms with Crippen LogP contribution >= 0.6 is 11.3 Å². The molecule has 1 aromatic carbocycles. The van der Waals surface area contributed by atoms with E-state index in [2.05, 4.69) is 23.9 Å². The van der Waals surface area contributed by atoms with E-state index in [-0.39, 0.29) is 30.6 Å². The number of hydrogen-bond acceptors (Lipinski definition) is 10. The van der Waals surface area contributed by atoms with Gasteiger partial charge >= 0.3 is 0 Å². The summed E-state index contributed by atoms with van der Waals surface area (Å²) in [7, 11) is -0.465. The molecule has 0 unspecified atom stereocenters. The standard InChI is InChI=1S/C37H45N5O7S2/c1-21(2)31-20-50-34(39-31)30-18-32(26-13-10-23(48-4)17-29(26)38-30)49-24-15-27-28(16-24)35(44)42(3)14-8-6-5-7-9-22-19-37(22,40-33(27)43)36(45)41-51(46,47)25-11-12-25/h7,9-10,13,17-18,20-22,24-25,27-28H,5-6,8,11-12,14-16,19H2,1-4H3,(H,40,43)(H,41,45)/t22-,24-,27-,28-,37-/m1/s1. The summed E-state index contributed by atoms with van der Waals surface area (Å²) >= 11 is 1.51. The number of benzene rings is 1. The number of thiazole rings is 1. The van der Waals surface area contributed by atoms with Crippen molar-refractivity contribution in [1.29, 1.82) is 0 Å². The third kappa shape index (κ3) is 7.21. The number of methoxy groups -OCH3 is 1. The fraction of sp³-hybridized carbons (Fsp3) is 0.541. The molecular formula is C37H45N5O7S2. The lowest BCUT2D eigenvalue weighted by Gasteiger charge is -2.26. The monoisotopic (exact) mass is 735 g/mol. The van der Waals surface area contributed by atoms with Crippen LogP contribution in [0.3, 0.4) is 0 Å². The summed E-state index contributed by atoms with van der Waals surface area (Å²) in [6.07, 6.45) is 7.62. The smallest absolute Gasteiger partial charge is 0.259 e. The Morgan fingerprint density at radius 3 is 2.63 bits per heavy atom. The molecule has 51 heavy (non-hydrogen) atoms. The van der Waals surface area contributed by atoms with Gasteiger partial charge in [-0.2, -0.15) is 0 Å². The van der Waals surface area contributed by atoms with E-state index in [1.54, 1.807) is 19.1 Å². The van der Waals surface area contributed by atoms with Gasteiger partial charge in [-0.1, -0.05) is 26.0 Å². The number of sulfonamides is 1. The van der Waals surface area contributed by atoms with E-state index in [4.69, 9.17) is 19.4 Å². The highest BCUT2D eigenvalue weighted by atomic mass is 32.2. The Labute approximate surface area is 302 Å². The van der Waals surface area contributed by atoms with Crippen LogP contribution in [0.25, 0.3) is 21.6 Å². The molecule has 0 bridgehead atoms. The van der Waals surface area contributed by atoms with Crippen molar-refractivity contribution in [3.63, 3.8) is 0 Å². The fourth-order valence-electron chi connectivity index (χ4n) is 7.25. The van der Waals surface area contributed by atoms with E-state index in [0.717, 1.165) is 35.4 Å². The van der Waals surface area contributed by atoms with Crippen molar-refractivity contribution < 1.29 is 32.3 Å². The Morgan fingerprint density at radius 2 is 1.90 bits per heavy atom. The lowest BCUT2D eigenvalue weighted by atomic mass is 9.93. The van der Waals surface area contributed by atoms with Crippen LogP contribution in [-0.4, -0.2) is 78.6 Å². The molecule has 2 aromatic heterocycles. The molecule has 3 aromatic rings. The number of hydrogen-bond donors (Lipinski definition) is 2. The van der Waals surface area contributed by atoms with E-state index in [1.165, 1.54) is 11.3 Å². The average Bonchev–Trinajstić information content (AvgIpc) is 3.98. The lowest BCUT2D eigenvalue weighted by molar-refractivity contribution is -0.140. The van der Waals surface area contributed by atoms with Gasteiger partial charge in [0, 0.05) is 42.4 Å². The average molecular weight is 736 g/mol. The molecule has 7 rings (SSSR count). The molecule has 272 valence electrons. The van der Waals surface area contributed by atoms with Crippen molar-refractivity contribution in [2.24, 2.45) is 17.8 Å². The SMILES string of the molecule is COc1ccc2c(O[C@@H]3C[C@H]4C(=O)N[C@]5(C(=O)NS(=O)(=O)C6CC6)C[C@H]5C=CCCCCN(C)C(=O)[C@@H]4C3)cc(-c3nc(C(C)C)cs3)nc2c1. The van der Waals surface area contributed by atoms with Gasteiger partial charge in [-0.15, -0.1) is 11.3 Å². The largest absolute Gasteiger partial charge is 0.497 e. The minimum atomic E-state index is -3.82. The van der Waals surface area contributed by atoms with E-state index in [9.17, 15) is 22.8 Å². The summed E-state index contributed by atoms with van der Waals surface area (Å²) in [6, 6.07) is 7.43. The number of aromatic nitrogens is 2. The molecule has 0 radical (unpaired) electrons. The summed E-state index contributed by atoms with van der Waals surface area (Å²) in [5.74, 6) is -1.67. The second-order valence-corrected chi connectivity index (χ2v) is 17.5. The number of allylic oxidation sites excluding steroid dienone is 1. The molecular weight excluding hydrogens is 691 g/mol. The van der Waals surface area contributed by atoms with E-state index >= 15 is 0 Å². The molecule has 5 atom stereocenters. The lowest BCUT2D eigenvalue weighted by Crippen LogP contribution is -2.54. The van der Waals surface area contributed by atoms with Crippen LogP contribution in [0.1, 0.15) is 76.8 Å². The van der Waals surface area contributed by atoms with Gasteiger partial charge < -0.3 is 19.7 Å². The summed E-state index contributed by atoms with van der Waals surface area (Å²) in [5, 5.41) is 5.91. The van der Waals surface area contributed by atoms with Crippen molar-refractivity contribution in [1.82, 2.24) is 24.9 Å². The van der Waals surface area contributed by atoms with Crippen molar-refractivity contribution in [3.8, 4) is 22.2 Å². The number of amides is 3. The maximum atomic E-state index is 14.2. The highest BCUT2D eigenvalue weighted by Crippen LogP contribution is 2.47. The van der Waals surface area contributed by atoms with Gasteiger partial charge in [-0.25, -0.2) is 18.4 Å². The highest BCUT2D eigenvalue weighted by molar-refractivity contribution is 7.91. The molecule has 0 spiro atoms. The molecule has 3 heterocycles. The minimum Gasteiger partial charge on any atom is -0.497 e. The van der Waals surface area contributed by atoms with Gasteiger partial charge in [0.15, 0.2) is 0 Å². The Kier molecular flexibility index (Phi) is 9.59. The maximum absolute atomic E-state index is 14.2. The van der Waals surface area contributed by atoms with Crippen LogP contribution in [-0.2, 0) is 24.4 Å². The number of rotatable bonds is 8. The van der Waals surface area contributed by atoms with Crippen LogP contribution < -0.4 is 19.5 Å². The Morgan fingerprint density at radius 1 is 1.12 bits per heavy atom. The highest BCUT2D eigenvalue weighted by Gasteiger charge is 2.62. The molecule has 1 aliphatic heterocycles. The normalized spacial score (nSPS) is 27.0. The summed E-state index contributed by atoms with van der Waals surface area (Å²) in [6.45, 7) is 4.74. The zero-order valence-corrected chi connectivity index (χ0v) is 31.0. The first-order valence-electron chi connectivity index (χ1n) is 17.8. The first-order chi connectivity index (χ1) is 24.4. The molecule has 3 fully saturated rings. The Hall–Kier alpha value is -4.04. The Bertz CT molecular complexity index is 1990. The maximum Gasteiger partial charge on any atom is 0.259 e. The third-order valence-corrected chi connectivity index (χ3v) is 13.3. The molecule has 3 saturated carbocycles. The summed E-state index contributed by atoms with van der Waals surface area (Å²) in [4.78, 5) is 53.2. The topological polar surface area (TPSA) is 157 Å². The number of fused-ring (bicyclic) bond motifs is 3. The van der Waals surface area contributed by atoms with Crippen molar-refractivity contribution in [2.45, 2.75) is 88.0 Å². The van der Waals surface area contributed by atoms with Gasteiger partial charge in [-0.05, 0) is 69.4 Å². The van der Waals surface area contributed by atoms with Gasteiger partial charge in [0.05, 0.1) is 35.4 Å². The molecule has 0 saturated heterocycles. The Balaban J connectivity index is 1.19. The first kappa shape index (κ1) is 35.4. The van der Waals surface area contributed by atoms with E-state index in [1.807, 2.05) is 41.8 Å². The van der Waals surface area contributed by atoms with Crippen molar-refractivity contribution in [2.75, 3.05) is 20.7 Å². The number of carbonyl (C=O) groups is 3. The van der Waals surface area contributed by atoms with Crippen LogP contribution in [0.2, 0.25) is 0 Å². The molecule has 4 aliphatic rings.